The highest BCUT2D eigenvalue weighted by atomic mass is 35.6. The largest absolute Gasteiger partial charge is 0.312 e. The summed E-state index contributed by atoms with van der Waals surface area (Å²) in [6.07, 6.45) is 0. The molecule has 0 spiro atoms. The molecule has 0 rings (SSSR count). The zero-order valence-corrected chi connectivity index (χ0v) is 7.24. The highest BCUT2D eigenvalue weighted by molar-refractivity contribution is 8.00. The molecule has 0 aromatic carbocycles. The van der Waals surface area contributed by atoms with Gasteiger partial charge in [-0.1, -0.05) is 34.8 Å². The van der Waals surface area contributed by atoms with Gasteiger partial charge in [-0.15, -0.1) is 0 Å². The highest BCUT2D eigenvalue weighted by Crippen LogP contribution is 2.38. The van der Waals surface area contributed by atoms with Crippen LogP contribution in [0.25, 0.3) is 0 Å². The van der Waals surface area contributed by atoms with Crippen LogP contribution in [0.15, 0.2) is 0 Å². The molecule has 0 amide bonds. The van der Waals surface area contributed by atoms with Crippen molar-refractivity contribution in [1.82, 2.24) is 0 Å². The minimum absolute atomic E-state index is 0.540. The molecular weight excluding hydrogens is 190 g/mol. The third-order valence-corrected chi connectivity index (χ3v) is 1.38. The molecule has 0 aromatic heterocycles. The lowest BCUT2D eigenvalue weighted by Gasteiger charge is -2.06. The lowest BCUT2D eigenvalue weighted by atomic mass is 10.9. The molecule has 0 atom stereocenters. The highest BCUT2D eigenvalue weighted by Gasteiger charge is 2.20. The first-order chi connectivity index (χ1) is 3.56. The molecule has 0 aliphatic carbocycles. The van der Waals surface area contributed by atoms with E-state index in [1.54, 1.807) is 0 Å². The Morgan fingerprint density at radius 2 is 2.00 bits per heavy atom. The van der Waals surface area contributed by atoms with Crippen LogP contribution in [0.5, 0.6) is 0 Å². The third kappa shape index (κ3) is 7.18. The van der Waals surface area contributed by atoms with E-state index in [1.165, 1.54) is 0 Å². The van der Waals surface area contributed by atoms with Gasteiger partial charge in [0.25, 0.3) is 3.12 Å². The predicted molar refractivity (Wildman–Crippen MR) is 39.5 cm³/mol. The molecule has 8 heavy (non-hydrogen) atoms. The van der Waals surface area contributed by atoms with Crippen LogP contribution < -0.4 is 0 Å². The summed E-state index contributed by atoms with van der Waals surface area (Å²) in [5.41, 5.74) is 0. The van der Waals surface area contributed by atoms with Crippen LogP contribution in [0.4, 0.5) is 0 Å². The van der Waals surface area contributed by atoms with Gasteiger partial charge in [-0.3, -0.25) is 0 Å². The summed E-state index contributed by atoms with van der Waals surface area (Å²) in [6.45, 7) is 2.36. The second kappa shape index (κ2) is 4.07. The number of hydrogen-bond acceptors (Lipinski definition) is 2. The Morgan fingerprint density at radius 3 is 2.12 bits per heavy atom. The Labute approximate surface area is 67.8 Å². The Balaban J connectivity index is 3.11. The van der Waals surface area contributed by atoms with E-state index >= 15 is 0 Å². The molecule has 0 saturated heterocycles. The molecule has 5 heteroatoms. The van der Waals surface area contributed by atoms with Crippen molar-refractivity contribution < 1.29 is 4.18 Å². The quantitative estimate of drug-likeness (QED) is 0.495. The second-order valence-electron chi connectivity index (χ2n) is 0.936. The predicted octanol–water partition coefficient (Wildman–Crippen LogP) is 3.00. The van der Waals surface area contributed by atoms with E-state index in [0.29, 0.717) is 6.61 Å². The van der Waals surface area contributed by atoms with Crippen LogP contribution in [-0.4, -0.2) is 9.73 Å². The van der Waals surface area contributed by atoms with Crippen LogP contribution in [0.1, 0.15) is 6.92 Å². The SMILES string of the molecule is CCOSC(Cl)(Cl)Cl. The Morgan fingerprint density at radius 1 is 1.50 bits per heavy atom. The van der Waals surface area contributed by atoms with E-state index in [0.717, 1.165) is 12.0 Å². The topological polar surface area (TPSA) is 9.23 Å². The van der Waals surface area contributed by atoms with Gasteiger partial charge in [0.05, 0.1) is 6.61 Å². The fourth-order valence-corrected chi connectivity index (χ4v) is 0.778. The molecule has 0 aromatic rings. The molecule has 0 aliphatic heterocycles. The van der Waals surface area contributed by atoms with Crippen LogP contribution in [0, 0.1) is 0 Å². The molecular formula is C3H5Cl3OS. The van der Waals surface area contributed by atoms with Gasteiger partial charge in [0.1, 0.15) is 0 Å². The Kier molecular flexibility index (Phi) is 4.67. The summed E-state index contributed by atoms with van der Waals surface area (Å²) in [7, 11) is 0. The number of rotatable bonds is 2. The van der Waals surface area contributed by atoms with E-state index in [2.05, 4.69) is 0 Å². The fourth-order valence-electron chi connectivity index (χ4n) is 0.126. The summed E-state index contributed by atoms with van der Waals surface area (Å²) in [5.74, 6) is 0. The van der Waals surface area contributed by atoms with Gasteiger partial charge in [-0.2, -0.15) is 0 Å². The first-order valence-corrected chi connectivity index (χ1v) is 3.81. The monoisotopic (exact) mass is 194 g/mol. The van der Waals surface area contributed by atoms with Crippen molar-refractivity contribution in [3.63, 3.8) is 0 Å². The minimum atomic E-state index is -1.34. The van der Waals surface area contributed by atoms with Crippen molar-refractivity contribution in [2.75, 3.05) is 6.61 Å². The van der Waals surface area contributed by atoms with Crippen molar-refractivity contribution in [1.29, 1.82) is 0 Å². The fraction of sp³-hybridized carbons (Fsp3) is 1.00. The van der Waals surface area contributed by atoms with Crippen molar-refractivity contribution in [3.8, 4) is 0 Å². The van der Waals surface area contributed by atoms with E-state index in [-0.39, 0.29) is 0 Å². The van der Waals surface area contributed by atoms with Gasteiger partial charge in [-0.25, -0.2) is 0 Å². The molecule has 0 bridgehead atoms. The second-order valence-corrected chi connectivity index (χ2v) is 4.90. The van der Waals surface area contributed by atoms with Gasteiger partial charge in [0.15, 0.2) is 0 Å². The first-order valence-electron chi connectivity index (χ1n) is 1.93. The summed E-state index contributed by atoms with van der Waals surface area (Å²) in [5, 5.41) is 0. The number of alkyl halides is 3. The van der Waals surface area contributed by atoms with Crippen LogP contribution in [0.2, 0.25) is 0 Å². The summed E-state index contributed by atoms with van der Waals surface area (Å²) < 4.78 is 3.38. The molecule has 0 saturated carbocycles. The van der Waals surface area contributed by atoms with Gasteiger partial charge < -0.3 is 4.18 Å². The summed E-state index contributed by atoms with van der Waals surface area (Å²) in [6, 6.07) is 0. The molecule has 0 aliphatic rings. The molecule has 0 fully saturated rings. The van der Waals surface area contributed by atoms with Crippen LogP contribution in [-0.2, 0) is 4.18 Å². The molecule has 0 radical (unpaired) electrons. The van der Waals surface area contributed by atoms with Crippen molar-refractivity contribution >= 4 is 46.8 Å². The lowest BCUT2D eigenvalue weighted by Crippen LogP contribution is -1.94. The Bertz CT molecular complexity index is 62.0. The number of hydrogen-bond donors (Lipinski definition) is 0. The number of halogens is 3. The van der Waals surface area contributed by atoms with Gasteiger partial charge in [0, 0.05) is 12.0 Å². The standard InChI is InChI=1S/C3H5Cl3OS/c1-2-7-8-3(4,5)6/h2H2,1H3. The molecule has 0 unspecified atom stereocenters. The zero-order valence-electron chi connectivity index (χ0n) is 4.16. The smallest absolute Gasteiger partial charge is 0.262 e. The van der Waals surface area contributed by atoms with E-state index in [1.807, 2.05) is 6.92 Å². The molecule has 0 N–H and O–H groups in total. The van der Waals surface area contributed by atoms with E-state index in [4.69, 9.17) is 39.0 Å². The molecule has 50 valence electrons. The first kappa shape index (κ1) is 9.18. The average Bonchev–Trinajstić information content (AvgIpc) is 1.59. The Hall–Kier alpha value is 1.18. The molecule has 0 heterocycles. The van der Waals surface area contributed by atoms with Gasteiger partial charge >= 0.3 is 0 Å². The maximum absolute atomic E-state index is 5.28. The van der Waals surface area contributed by atoms with Crippen LogP contribution >= 0.6 is 46.8 Å². The molecule has 1 nitrogen and oxygen atoms in total. The zero-order chi connectivity index (χ0) is 6.62. The maximum Gasteiger partial charge on any atom is 0.262 e. The van der Waals surface area contributed by atoms with E-state index in [9.17, 15) is 0 Å². The van der Waals surface area contributed by atoms with Gasteiger partial charge in [0.2, 0.25) is 0 Å². The summed E-state index contributed by atoms with van der Waals surface area (Å²) in [4.78, 5) is 0. The van der Waals surface area contributed by atoms with Crippen LogP contribution in [0.3, 0.4) is 0 Å². The average molecular weight is 195 g/mol. The van der Waals surface area contributed by atoms with Crippen molar-refractivity contribution in [2.24, 2.45) is 0 Å². The minimum Gasteiger partial charge on any atom is -0.312 e. The normalized spacial score (nSPS) is 12.0. The summed E-state index contributed by atoms with van der Waals surface area (Å²) >= 11 is 16.7. The third-order valence-electron chi connectivity index (χ3n) is 0.271. The lowest BCUT2D eigenvalue weighted by molar-refractivity contribution is 0.402. The van der Waals surface area contributed by atoms with Crippen molar-refractivity contribution in [2.45, 2.75) is 10.0 Å². The van der Waals surface area contributed by atoms with Crippen molar-refractivity contribution in [3.05, 3.63) is 0 Å². The van der Waals surface area contributed by atoms with E-state index < -0.39 is 3.12 Å². The van der Waals surface area contributed by atoms with Gasteiger partial charge in [-0.05, 0) is 6.92 Å². The maximum atomic E-state index is 5.28.